The summed E-state index contributed by atoms with van der Waals surface area (Å²) in [7, 11) is 0. The number of benzene rings is 2. The zero-order chi connectivity index (χ0) is 14.9. The Morgan fingerprint density at radius 3 is 1.43 bits per heavy atom. The van der Waals surface area contributed by atoms with Gasteiger partial charge in [0.15, 0.2) is 11.9 Å². The van der Waals surface area contributed by atoms with E-state index in [1.54, 1.807) is 0 Å². The summed E-state index contributed by atoms with van der Waals surface area (Å²) in [6.45, 7) is 1.11. The van der Waals surface area contributed by atoms with E-state index < -0.39 is 0 Å². The highest BCUT2D eigenvalue weighted by atomic mass is 15.2. The van der Waals surface area contributed by atoms with Crippen molar-refractivity contribution < 1.29 is 0 Å². The van der Waals surface area contributed by atoms with Crippen LogP contribution in [0.2, 0.25) is 0 Å². The molecule has 2 rings (SSSR count). The average molecular weight is 281 g/mol. The summed E-state index contributed by atoms with van der Waals surface area (Å²) in [5, 5.41) is 24.0. The lowest BCUT2D eigenvalue weighted by molar-refractivity contribution is 0.841. The second-order valence-electron chi connectivity index (χ2n) is 4.55. The van der Waals surface area contributed by atoms with E-state index >= 15 is 0 Å². The molecule has 0 unspecified atom stereocenters. The summed E-state index contributed by atoms with van der Waals surface area (Å²) >= 11 is 0. The lowest BCUT2D eigenvalue weighted by atomic mass is 10.2. The summed E-state index contributed by atoms with van der Waals surface area (Å²) in [6.07, 6.45) is 0. The Morgan fingerprint density at radius 1 is 0.667 bits per heavy atom. The molecule has 5 heteroatoms. The molecule has 2 aromatic rings. The summed E-state index contributed by atoms with van der Waals surface area (Å²) in [5.41, 5.74) is 2.18. The van der Waals surface area contributed by atoms with Crippen molar-refractivity contribution in [3.05, 3.63) is 71.8 Å². The number of hydrogen-bond acceptors (Lipinski definition) is 2. The van der Waals surface area contributed by atoms with Gasteiger partial charge in [0.25, 0.3) is 0 Å². The Hall–Kier alpha value is -2.82. The van der Waals surface area contributed by atoms with Crippen LogP contribution in [0.4, 0.5) is 0 Å². The molecular formula is C16H19N5. The second kappa shape index (κ2) is 7.69. The third kappa shape index (κ3) is 5.36. The third-order valence-electron chi connectivity index (χ3n) is 2.87. The van der Waals surface area contributed by atoms with Crippen LogP contribution in [-0.4, -0.2) is 11.9 Å². The Kier molecular flexibility index (Phi) is 5.34. The second-order valence-corrected chi connectivity index (χ2v) is 4.55. The smallest absolute Gasteiger partial charge is 0.195 e. The van der Waals surface area contributed by atoms with E-state index in [-0.39, 0.29) is 11.9 Å². The van der Waals surface area contributed by atoms with Gasteiger partial charge in [-0.15, -0.1) is 0 Å². The van der Waals surface area contributed by atoms with E-state index in [1.807, 2.05) is 60.7 Å². The van der Waals surface area contributed by atoms with Crippen LogP contribution in [0.1, 0.15) is 11.1 Å². The van der Waals surface area contributed by atoms with Crippen LogP contribution >= 0.6 is 0 Å². The Labute approximate surface area is 124 Å². The van der Waals surface area contributed by atoms with Gasteiger partial charge in [0, 0.05) is 13.1 Å². The summed E-state index contributed by atoms with van der Waals surface area (Å²) in [6, 6.07) is 19.7. The monoisotopic (exact) mass is 281 g/mol. The number of nitrogens with one attached hydrogen (secondary N) is 5. The van der Waals surface area contributed by atoms with Crippen molar-refractivity contribution >= 4 is 11.9 Å². The highest BCUT2D eigenvalue weighted by Gasteiger charge is 2.00. The molecule has 21 heavy (non-hydrogen) atoms. The highest BCUT2D eigenvalue weighted by molar-refractivity contribution is 5.95. The number of hydrogen-bond donors (Lipinski definition) is 5. The maximum Gasteiger partial charge on any atom is 0.195 e. The van der Waals surface area contributed by atoms with E-state index in [9.17, 15) is 0 Å². The van der Waals surface area contributed by atoms with Gasteiger partial charge in [-0.25, -0.2) is 0 Å². The quantitative estimate of drug-likeness (QED) is 0.439. The van der Waals surface area contributed by atoms with Gasteiger partial charge in [0.05, 0.1) is 0 Å². The lowest BCUT2D eigenvalue weighted by Gasteiger charge is -2.12. The van der Waals surface area contributed by atoms with Gasteiger partial charge in [-0.3, -0.25) is 16.1 Å². The minimum Gasteiger partial charge on any atom is -0.352 e. The average Bonchev–Trinajstić information content (AvgIpc) is 2.53. The molecule has 5 N–H and O–H groups in total. The fraction of sp³-hybridized carbons (Fsp3) is 0.125. The topological polar surface area (TPSA) is 83.8 Å². The summed E-state index contributed by atoms with van der Waals surface area (Å²) in [5.74, 6) is 0.203. The fourth-order valence-corrected chi connectivity index (χ4v) is 1.79. The van der Waals surface area contributed by atoms with Crippen molar-refractivity contribution in [2.75, 3.05) is 0 Å². The molecule has 0 fully saturated rings. The van der Waals surface area contributed by atoms with Crippen LogP contribution in [0.15, 0.2) is 60.7 Å². The third-order valence-corrected chi connectivity index (χ3v) is 2.87. The van der Waals surface area contributed by atoms with Crippen molar-refractivity contribution in [2.24, 2.45) is 0 Å². The van der Waals surface area contributed by atoms with Gasteiger partial charge in [-0.05, 0) is 11.1 Å². The number of rotatable bonds is 4. The molecule has 0 aliphatic rings. The first kappa shape index (κ1) is 14.6. The lowest BCUT2D eigenvalue weighted by Crippen LogP contribution is -2.45. The molecule has 0 atom stereocenters. The highest BCUT2D eigenvalue weighted by Crippen LogP contribution is 1.97. The molecule has 0 aliphatic heterocycles. The van der Waals surface area contributed by atoms with E-state index in [4.69, 9.17) is 10.8 Å². The molecular weight excluding hydrogens is 262 g/mol. The van der Waals surface area contributed by atoms with Crippen molar-refractivity contribution in [3.63, 3.8) is 0 Å². The fourth-order valence-electron chi connectivity index (χ4n) is 1.79. The number of guanidine groups is 2. The van der Waals surface area contributed by atoms with Crippen LogP contribution in [0.25, 0.3) is 0 Å². The zero-order valence-corrected chi connectivity index (χ0v) is 11.7. The van der Waals surface area contributed by atoms with Crippen molar-refractivity contribution in [2.45, 2.75) is 13.1 Å². The molecule has 2 aromatic carbocycles. The van der Waals surface area contributed by atoms with Gasteiger partial charge in [0.2, 0.25) is 0 Å². The molecule has 0 amide bonds. The normalized spacial score (nSPS) is 9.71. The van der Waals surface area contributed by atoms with Crippen LogP contribution in [0.5, 0.6) is 0 Å². The van der Waals surface area contributed by atoms with Gasteiger partial charge >= 0.3 is 0 Å². The molecule has 0 aromatic heterocycles. The predicted molar refractivity (Wildman–Crippen MR) is 85.2 cm³/mol. The maximum atomic E-state index is 7.75. The largest absolute Gasteiger partial charge is 0.352 e. The van der Waals surface area contributed by atoms with Crippen molar-refractivity contribution in [3.8, 4) is 0 Å². The molecule has 0 spiro atoms. The zero-order valence-electron chi connectivity index (χ0n) is 11.7. The molecule has 0 saturated heterocycles. The standard InChI is InChI=1S/C16H19N5/c17-15(19-11-13-7-3-1-4-8-13)21-16(18)20-12-14-9-5-2-6-10-14/h1-10H,11-12H2,(H5,17,18,19,20,21). The Bertz CT molecular complexity index is 527. The predicted octanol–water partition coefficient (Wildman–Crippen LogP) is 2.03. The first-order chi connectivity index (χ1) is 10.2. The molecule has 5 nitrogen and oxygen atoms in total. The maximum absolute atomic E-state index is 7.75. The van der Waals surface area contributed by atoms with Crippen molar-refractivity contribution in [1.29, 1.82) is 10.8 Å². The van der Waals surface area contributed by atoms with E-state index in [0.717, 1.165) is 11.1 Å². The van der Waals surface area contributed by atoms with E-state index in [0.29, 0.717) is 13.1 Å². The van der Waals surface area contributed by atoms with Gasteiger partial charge < -0.3 is 10.6 Å². The van der Waals surface area contributed by atoms with E-state index in [2.05, 4.69) is 16.0 Å². The first-order valence-corrected chi connectivity index (χ1v) is 6.74. The summed E-state index contributed by atoms with van der Waals surface area (Å²) in [4.78, 5) is 0. The van der Waals surface area contributed by atoms with Gasteiger partial charge in [0.1, 0.15) is 0 Å². The van der Waals surface area contributed by atoms with Gasteiger partial charge in [-0.2, -0.15) is 0 Å². The van der Waals surface area contributed by atoms with Crippen LogP contribution in [-0.2, 0) is 13.1 Å². The van der Waals surface area contributed by atoms with Crippen molar-refractivity contribution in [1.82, 2.24) is 16.0 Å². The molecule has 0 saturated carbocycles. The Morgan fingerprint density at radius 2 is 1.05 bits per heavy atom. The first-order valence-electron chi connectivity index (χ1n) is 6.74. The SMILES string of the molecule is N=C(NCc1ccccc1)NC(=N)NCc1ccccc1. The molecule has 0 aliphatic carbocycles. The van der Waals surface area contributed by atoms with Gasteiger partial charge in [-0.1, -0.05) is 60.7 Å². The minimum atomic E-state index is 0.101. The molecule has 108 valence electrons. The minimum absolute atomic E-state index is 0.101. The molecule has 0 bridgehead atoms. The van der Waals surface area contributed by atoms with Crippen LogP contribution in [0.3, 0.4) is 0 Å². The molecule has 0 radical (unpaired) electrons. The van der Waals surface area contributed by atoms with Crippen LogP contribution < -0.4 is 16.0 Å². The Balaban J connectivity index is 1.69. The van der Waals surface area contributed by atoms with Crippen LogP contribution in [0, 0.1) is 10.8 Å². The molecule has 0 heterocycles. The summed E-state index contributed by atoms with van der Waals surface area (Å²) < 4.78 is 0. The van der Waals surface area contributed by atoms with E-state index in [1.165, 1.54) is 0 Å².